The number of H-pyrrole nitrogens is 1. The van der Waals surface area contributed by atoms with Crippen LogP contribution in [0.4, 0.5) is 0 Å². The summed E-state index contributed by atoms with van der Waals surface area (Å²) in [5.41, 5.74) is 1.63. The van der Waals surface area contributed by atoms with Crippen molar-refractivity contribution in [2.24, 2.45) is 0 Å². The zero-order valence-corrected chi connectivity index (χ0v) is 13.9. The number of aryl methyl sites for hydroxylation is 1. The Morgan fingerprint density at radius 3 is 2.46 bits per heavy atom. The third-order valence-corrected chi connectivity index (χ3v) is 3.60. The number of nitrogens with one attached hydrogen (secondary N) is 1. The molecule has 7 nitrogen and oxygen atoms in total. The largest absolute Gasteiger partial charge is 0.465 e. The maximum Gasteiger partial charge on any atom is 0.357 e. The van der Waals surface area contributed by atoms with Crippen LogP contribution in [0, 0.1) is 13.8 Å². The Labute approximate surface area is 139 Å². The van der Waals surface area contributed by atoms with Crippen LogP contribution in [0.1, 0.15) is 49.5 Å². The lowest BCUT2D eigenvalue weighted by Gasteiger charge is -2.11. The fourth-order valence-electron chi connectivity index (χ4n) is 2.37. The van der Waals surface area contributed by atoms with E-state index in [1.165, 1.54) is 26.3 Å². The summed E-state index contributed by atoms with van der Waals surface area (Å²) in [4.78, 5) is 43.0. The van der Waals surface area contributed by atoms with Crippen LogP contribution in [-0.4, -0.2) is 40.9 Å². The molecule has 2 aromatic rings. The molecule has 1 unspecified atom stereocenters. The van der Waals surface area contributed by atoms with Crippen LogP contribution in [-0.2, 0) is 9.47 Å². The van der Waals surface area contributed by atoms with Gasteiger partial charge in [-0.3, -0.25) is 4.79 Å². The summed E-state index contributed by atoms with van der Waals surface area (Å²) >= 11 is 0. The van der Waals surface area contributed by atoms with Gasteiger partial charge in [0.2, 0.25) is 5.78 Å². The van der Waals surface area contributed by atoms with Crippen molar-refractivity contribution in [3.8, 4) is 0 Å². The van der Waals surface area contributed by atoms with E-state index in [1.54, 1.807) is 26.0 Å². The molecule has 2 aromatic heterocycles. The molecule has 0 bridgehead atoms. The first kappa shape index (κ1) is 17.4. The van der Waals surface area contributed by atoms with E-state index in [2.05, 4.69) is 9.97 Å². The van der Waals surface area contributed by atoms with Crippen LogP contribution in [0.2, 0.25) is 0 Å². The molecule has 0 saturated carbocycles. The van der Waals surface area contributed by atoms with Gasteiger partial charge in [-0.2, -0.15) is 0 Å². The SMILES string of the molecule is COC(=O)c1c(C)[nH]c(C(=O)C(C)OC(=O)c2ccccn2)c1C. The zero-order chi connectivity index (χ0) is 17.9. The van der Waals surface area contributed by atoms with E-state index in [0.717, 1.165) is 0 Å². The summed E-state index contributed by atoms with van der Waals surface area (Å²) in [5.74, 6) is -1.65. The number of hydrogen-bond acceptors (Lipinski definition) is 6. The first-order chi connectivity index (χ1) is 11.4. The Hall–Kier alpha value is -2.96. The van der Waals surface area contributed by atoms with Gasteiger partial charge in [0.05, 0.1) is 18.4 Å². The first-order valence-electron chi connectivity index (χ1n) is 7.30. The molecule has 1 N–H and O–H groups in total. The molecule has 1 atom stereocenters. The molecule has 0 aliphatic heterocycles. The predicted octanol–water partition coefficient (Wildman–Crippen LogP) is 2.24. The van der Waals surface area contributed by atoms with E-state index in [4.69, 9.17) is 9.47 Å². The number of pyridine rings is 1. The number of Topliss-reactive ketones (excluding diaryl/α,β-unsaturated/α-hetero) is 1. The number of carbonyl (C=O) groups is 3. The smallest absolute Gasteiger partial charge is 0.357 e. The molecule has 0 amide bonds. The Kier molecular flexibility index (Phi) is 5.13. The number of hydrogen-bond donors (Lipinski definition) is 1. The second-order valence-electron chi connectivity index (χ2n) is 5.24. The minimum Gasteiger partial charge on any atom is -0.465 e. The number of esters is 2. The molecule has 126 valence electrons. The van der Waals surface area contributed by atoms with Gasteiger partial charge in [0, 0.05) is 11.9 Å². The molecule has 2 rings (SSSR count). The van der Waals surface area contributed by atoms with Crippen LogP contribution in [0.15, 0.2) is 24.4 Å². The van der Waals surface area contributed by atoms with Crippen LogP contribution >= 0.6 is 0 Å². The van der Waals surface area contributed by atoms with Gasteiger partial charge in [-0.05, 0) is 38.5 Å². The number of aromatic nitrogens is 2. The highest BCUT2D eigenvalue weighted by Gasteiger charge is 2.27. The molecule has 0 aliphatic rings. The van der Waals surface area contributed by atoms with E-state index in [1.807, 2.05) is 0 Å². The lowest BCUT2D eigenvalue weighted by Crippen LogP contribution is -2.25. The van der Waals surface area contributed by atoms with Crippen molar-refractivity contribution in [3.05, 3.63) is 52.6 Å². The van der Waals surface area contributed by atoms with Crippen LogP contribution < -0.4 is 0 Å². The summed E-state index contributed by atoms with van der Waals surface area (Å²) in [6.45, 7) is 4.77. The fourth-order valence-corrected chi connectivity index (χ4v) is 2.37. The number of carbonyl (C=O) groups excluding carboxylic acids is 3. The van der Waals surface area contributed by atoms with Gasteiger partial charge in [-0.1, -0.05) is 6.07 Å². The van der Waals surface area contributed by atoms with Crippen molar-refractivity contribution >= 4 is 17.7 Å². The average molecular weight is 330 g/mol. The highest BCUT2D eigenvalue weighted by Crippen LogP contribution is 2.21. The summed E-state index contributed by atoms with van der Waals surface area (Å²) in [5, 5.41) is 0. The number of aromatic amines is 1. The van der Waals surface area contributed by atoms with Gasteiger partial charge in [0.25, 0.3) is 0 Å². The number of ketones is 1. The number of rotatable bonds is 5. The Morgan fingerprint density at radius 1 is 1.17 bits per heavy atom. The molecule has 0 aliphatic carbocycles. The molecule has 0 spiro atoms. The molecular weight excluding hydrogens is 312 g/mol. The van der Waals surface area contributed by atoms with Crippen molar-refractivity contribution in [3.63, 3.8) is 0 Å². The van der Waals surface area contributed by atoms with Gasteiger partial charge in [0.1, 0.15) is 5.69 Å². The normalized spacial score (nSPS) is 11.7. The highest BCUT2D eigenvalue weighted by molar-refractivity contribution is 6.04. The first-order valence-corrected chi connectivity index (χ1v) is 7.30. The third-order valence-electron chi connectivity index (χ3n) is 3.60. The van der Waals surface area contributed by atoms with E-state index >= 15 is 0 Å². The zero-order valence-electron chi connectivity index (χ0n) is 13.9. The van der Waals surface area contributed by atoms with Gasteiger partial charge in [-0.15, -0.1) is 0 Å². The molecule has 0 fully saturated rings. The van der Waals surface area contributed by atoms with Crippen molar-refractivity contribution < 1.29 is 23.9 Å². The number of ether oxygens (including phenoxy) is 2. The van der Waals surface area contributed by atoms with Gasteiger partial charge >= 0.3 is 11.9 Å². The molecule has 24 heavy (non-hydrogen) atoms. The summed E-state index contributed by atoms with van der Waals surface area (Å²) < 4.78 is 9.87. The van der Waals surface area contributed by atoms with E-state index in [0.29, 0.717) is 16.8 Å². The highest BCUT2D eigenvalue weighted by atomic mass is 16.5. The minimum absolute atomic E-state index is 0.117. The molecule has 7 heteroatoms. The second-order valence-corrected chi connectivity index (χ2v) is 5.24. The molecule has 0 aromatic carbocycles. The van der Waals surface area contributed by atoms with E-state index < -0.39 is 23.8 Å². The summed E-state index contributed by atoms with van der Waals surface area (Å²) in [7, 11) is 1.27. The van der Waals surface area contributed by atoms with E-state index in [9.17, 15) is 14.4 Å². The molecular formula is C17H18N2O5. The maximum atomic E-state index is 12.5. The monoisotopic (exact) mass is 330 g/mol. The van der Waals surface area contributed by atoms with Crippen molar-refractivity contribution in [2.45, 2.75) is 26.9 Å². The lowest BCUT2D eigenvalue weighted by molar-refractivity contribution is 0.0311. The van der Waals surface area contributed by atoms with Gasteiger partial charge in [-0.25, -0.2) is 14.6 Å². The predicted molar refractivity (Wildman–Crippen MR) is 85.1 cm³/mol. The van der Waals surface area contributed by atoms with Crippen molar-refractivity contribution in [1.29, 1.82) is 0 Å². The van der Waals surface area contributed by atoms with E-state index in [-0.39, 0.29) is 11.4 Å². The minimum atomic E-state index is -1.03. The van der Waals surface area contributed by atoms with Crippen molar-refractivity contribution in [1.82, 2.24) is 9.97 Å². The fraction of sp³-hybridized carbons (Fsp3) is 0.294. The summed E-state index contributed by atoms with van der Waals surface area (Å²) in [6.07, 6.45) is 0.436. The Balaban J connectivity index is 2.20. The Bertz CT molecular complexity index is 780. The third kappa shape index (κ3) is 3.34. The number of nitrogens with zero attached hydrogens (tertiary/aromatic N) is 1. The van der Waals surface area contributed by atoms with Crippen molar-refractivity contribution in [2.75, 3.05) is 7.11 Å². The molecule has 0 radical (unpaired) electrons. The standard InChI is InChI=1S/C17H18N2O5/c1-9-13(17(22)23-4)10(2)19-14(9)15(20)11(3)24-16(21)12-7-5-6-8-18-12/h5-8,11,19H,1-4H3. The van der Waals surface area contributed by atoms with Crippen LogP contribution in [0.25, 0.3) is 0 Å². The Morgan fingerprint density at radius 2 is 1.88 bits per heavy atom. The second kappa shape index (κ2) is 7.08. The van der Waals surface area contributed by atoms with Crippen LogP contribution in [0.5, 0.6) is 0 Å². The summed E-state index contributed by atoms with van der Waals surface area (Å²) in [6, 6.07) is 4.82. The molecule has 0 saturated heterocycles. The lowest BCUT2D eigenvalue weighted by atomic mass is 10.1. The topological polar surface area (TPSA) is 98.4 Å². The number of methoxy groups -OCH3 is 1. The maximum absolute atomic E-state index is 12.5. The van der Waals surface area contributed by atoms with Gasteiger partial charge < -0.3 is 14.5 Å². The van der Waals surface area contributed by atoms with Gasteiger partial charge in [0.15, 0.2) is 6.10 Å². The molecule has 2 heterocycles. The average Bonchev–Trinajstić information content (AvgIpc) is 2.88. The van der Waals surface area contributed by atoms with Crippen LogP contribution in [0.3, 0.4) is 0 Å². The quantitative estimate of drug-likeness (QED) is 0.667.